The maximum absolute atomic E-state index is 11.6. The number of hydrogen-bond acceptors (Lipinski definition) is 7. The van der Waals surface area contributed by atoms with Gasteiger partial charge in [0.1, 0.15) is 17.5 Å². The largest absolute Gasteiger partial charge is 0.468 e. The van der Waals surface area contributed by atoms with Crippen LogP contribution >= 0.6 is 35.8 Å². The molecule has 1 saturated heterocycles. The van der Waals surface area contributed by atoms with E-state index in [0.29, 0.717) is 28.5 Å². The SMILES string of the molecule is COC(=O)[C@@H](N)Cc1ccc(Oc2ccc(/C=C3\SC(=O)NC3=O)c(Cl)c2)cc1.Cl. The van der Waals surface area contributed by atoms with E-state index in [2.05, 4.69) is 10.1 Å². The molecule has 0 spiro atoms. The number of rotatable bonds is 6. The molecular formula is C20H18Cl2N2O5S. The zero-order chi connectivity index (χ0) is 21.0. The Balaban J connectivity index is 0.00000320. The van der Waals surface area contributed by atoms with Crippen molar-refractivity contribution in [1.82, 2.24) is 5.32 Å². The molecule has 2 aromatic rings. The maximum Gasteiger partial charge on any atom is 0.322 e. The highest BCUT2D eigenvalue weighted by molar-refractivity contribution is 8.18. The third-order valence-electron chi connectivity index (χ3n) is 4.02. The van der Waals surface area contributed by atoms with Crippen LogP contribution in [0.3, 0.4) is 0 Å². The van der Waals surface area contributed by atoms with Gasteiger partial charge in [-0.2, -0.15) is 0 Å². The average Bonchev–Trinajstić information content (AvgIpc) is 3.01. The van der Waals surface area contributed by atoms with Crippen LogP contribution in [-0.2, 0) is 20.7 Å². The summed E-state index contributed by atoms with van der Waals surface area (Å²) in [6, 6.07) is 11.4. The molecule has 30 heavy (non-hydrogen) atoms. The fourth-order valence-electron chi connectivity index (χ4n) is 2.57. The summed E-state index contributed by atoms with van der Waals surface area (Å²) < 4.78 is 10.4. The molecule has 2 amide bonds. The van der Waals surface area contributed by atoms with Gasteiger partial charge in [-0.25, -0.2) is 0 Å². The molecule has 0 bridgehead atoms. The van der Waals surface area contributed by atoms with Gasteiger partial charge in [-0.3, -0.25) is 19.7 Å². The molecule has 1 fully saturated rings. The maximum atomic E-state index is 11.6. The van der Waals surface area contributed by atoms with Crippen LogP contribution in [0.25, 0.3) is 6.08 Å². The molecule has 158 valence electrons. The van der Waals surface area contributed by atoms with Crippen molar-refractivity contribution in [2.75, 3.05) is 7.11 Å². The first-order valence-corrected chi connectivity index (χ1v) is 9.70. The first kappa shape index (κ1) is 23.8. The van der Waals surface area contributed by atoms with Crippen molar-refractivity contribution in [2.45, 2.75) is 12.5 Å². The Kier molecular flexibility index (Phi) is 8.31. The van der Waals surface area contributed by atoms with Gasteiger partial charge in [-0.15, -0.1) is 12.4 Å². The van der Waals surface area contributed by atoms with Crippen molar-refractivity contribution in [3.05, 3.63) is 63.5 Å². The highest BCUT2D eigenvalue weighted by atomic mass is 35.5. The minimum absolute atomic E-state index is 0. The number of nitrogens with two attached hydrogens (primary N) is 1. The van der Waals surface area contributed by atoms with E-state index in [-0.39, 0.29) is 17.3 Å². The Morgan fingerprint density at radius 2 is 1.87 bits per heavy atom. The minimum Gasteiger partial charge on any atom is -0.468 e. The number of benzene rings is 2. The Bertz CT molecular complexity index is 995. The van der Waals surface area contributed by atoms with Gasteiger partial charge in [0.25, 0.3) is 11.1 Å². The number of nitrogens with one attached hydrogen (secondary N) is 1. The zero-order valence-electron chi connectivity index (χ0n) is 15.7. The Morgan fingerprint density at radius 3 is 2.43 bits per heavy atom. The van der Waals surface area contributed by atoms with E-state index in [1.54, 1.807) is 36.4 Å². The monoisotopic (exact) mass is 468 g/mol. The molecule has 1 heterocycles. The van der Waals surface area contributed by atoms with E-state index in [9.17, 15) is 14.4 Å². The fraction of sp³-hybridized carbons (Fsp3) is 0.150. The predicted octanol–water partition coefficient (Wildman–Crippen LogP) is 3.92. The molecule has 1 aliphatic heterocycles. The number of thioether (sulfide) groups is 1. The van der Waals surface area contributed by atoms with Gasteiger partial charge in [-0.05, 0) is 65.7 Å². The molecule has 3 rings (SSSR count). The van der Waals surface area contributed by atoms with E-state index < -0.39 is 23.2 Å². The fourth-order valence-corrected chi connectivity index (χ4v) is 3.47. The summed E-state index contributed by atoms with van der Waals surface area (Å²) in [6.45, 7) is 0. The molecule has 2 aromatic carbocycles. The van der Waals surface area contributed by atoms with Gasteiger partial charge in [0.05, 0.1) is 17.0 Å². The Morgan fingerprint density at radius 1 is 1.20 bits per heavy atom. The van der Waals surface area contributed by atoms with Crippen LogP contribution in [0, 0.1) is 0 Å². The summed E-state index contributed by atoms with van der Waals surface area (Å²) in [5.41, 5.74) is 7.22. The van der Waals surface area contributed by atoms with E-state index in [1.165, 1.54) is 7.11 Å². The van der Waals surface area contributed by atoms with Crippen LogP contribution in [0.4, 0.5) is 4.79 Å². The van der Waals surface area contributed by atoms with E-state index in [0.717, 1.165) is 17.3 Å². The molecule has 0 aromatic heterocycles. The van der Waals surface area contributed by atoms with Gasteiger partial charge in [0.2, 0.25) is 0 Å². The van der Waals surface area contributed by atoms with E-state index >= 15 is 0 Å². The molecular weight excluding hydrogens is 451 g/mol. The molecule has 3 N–H and O–H groups in total. The molecule has 10 heteroatoms. The van der Waals surface area contributed by atoms with E-state index in [4.69, 9.17) is 22.1 Å². The lowest BCUT2D eigenvalue weighted by atomic mass is 10.1. The molecule has 1 atom stereocenters. The van der Waals surface area contributed by atoms with Crippen LogP contribution in [0.2, 0.25) is 5.02 Å². The normalized spacial score (nSPS) is 15.4. The van der Waals surface area contributed by atoms with Crippen LogP contribution < -0.4 is 15.8 Å². The van der Waals surface area contributed by atoms with Gasteiger partial charge < -0.3 is 15.2 Å². The van der Waals surface area contributed by atoms with Crippen LogP contribution in [0.5, 0.6) is 11.5 Å². The first-order valence-electron chi connectivity index (χ1n) is 8.50. The topological polar surface area (TPSA) is 108 Å². The summed E-state index contributed by atoms with van der Waals surface area (Å²) >= 11 is 7.10. The smallest absolute Gasteiger partial charge is 0.322 e. The highest BCUT2D eigenvalue weighted by Crippen LogP contribution is 2.31. The van der Waals surface area contributed by atoms with Crippen molar-refractivity contribution in [3.63, 3.8) is 0 Å². The number of hydrogen-bond donors (Lipinski definition) is 2. The van der Waals surface area contributed by atoms with Crippen molar-refractivity contribution in [1.29, 1.82) is 0 Å². The number of halogens is 2. The Hall–Kier alpha value is -2.52. The summed E-state index contributed by atoms with van der Waals surface area (Å²) in [5.74, 6) is 0.186. The number of carbonyl (C=O) groups excluding carboxylic acids is 3. The molecule has 0 unspecified atom stereocenters. The van der Waals surface area contributed by atoms with Crippen LogP contribution in [0.1, 0.15) is 11.1 Å². The standard InChI is InChI=1S/C20H17ClN2O5S.ClH/c1-27-19(25)16(22)8-11-2-5-13(6-3-11)28-14-7-4-12(15(21)10-14)9-17-18(24)23-20(26)29-17;/h2-7,9-10,16H,8,22H2,1H3,(H,23,24,26);1H/b17-9-;/t16-;/m0./s1. The lowest BCUT2D eigenvalue weighted by molar-refractivity contribution is -0.142. The number of carbonyl (C=O) groups is 3. The second-order valence-electron chi connectivity index (χ2n) is 6.12. The summed E-state index contributed by atoms with van der Waals surface area (Å²) in [6.07, 6.45) is 1.91. The summed E-state index contributed by atoms with van der Waals surface area (Å²) in [5, 5.41) is 2.16. The quantitative estimate of drug-likeness (QED) is 0.488. The molecule has 1 aliphatic rings. The highest BCUT2D eigenvalue weighted by Gasteiger charge is 2.25. The average molecular weight is 469 g/mol. The molecule has 0 radical (unpaired) electrons. The second-order valence-corrected chi connectivity index (χ2v) is 7.54. The van der Waals surface area contributed by atoms with Crippen molar-refractivity contribution in [2.24, 2.45) is 5.73 Å². The van der Waals surface area contributed by atoms with Crippen molar-refractivity contribution >= 4 is 59.0 Å². The van der Waals surface area contributed by atoms with Gasteiger partial charge in [-0.1, -0.05) is 23.7 Å². The summed E-state index contributed by atoms with van der Waals surface area (Å²) in [4.78, 5) is 34.6. The first-order chi connectivity index (χ1) is 13.9. The number of amides is 2. The number of methoxy groups -OCH3 is 1. The number of imide groups is 1. The molecule has 0 saturated carbocycles. The second kappa shape index (κ2) is 10.5. The van der Waals surface area contributed by atoms with Crippen molar-refractivity contribution < 1.29 is 23.9 Å². The molecule has 7 nitrogen and oxygen atoms in total. The Labute approximate surface area is 188 Å². The third-order valence-corrected chi connectivity index (χ3v) is 5.16. The molecule has 0 aliphatic carbocycles. The summed E-state index contributed by atoms with van der Waals surface area (Å²) in [7, 11) is 1.30. The van der Waals surface area contributed by atoms with Crippen LogP contribution in [0.15, 0.2) is 47.4 Å². The third kappa shape index (κ3) is 5.99. The van der Waals surface area contributed by atoms with Crippen molar-refractivity contribution in [3.8, 4) is 11.5 Å². The lowest BCUT2D eigenvalue weighted by Gasteiger charge is -2.11. The zero-order valence-corrected chi connectivity index (χ0v) is 18.1. The lowest BCUT2D eigenvalue weighted by Crippen LogP contribution is -2.33. The van der Waals surface area contributed by atoms with Gasteiger partial charge in [0, 0.05) is 0 Å². The minimum atomic E-state index is -0.720. The van der Waals surface area contributed by atoms with Gasteiger partial charge in [0.15, 0.2) is 0 Å². The number of esters is 1. The van der Waals surface area contributed by atoms with Crippen LogP contribution in [-0.4, -0.2) is 30.3 Å². The number of ether oxygens (including phenoxy) is 2. The van der Waals surface area contributed by atoms with Gasteiger partial charge >= 0.3 is 5.97 Å². The predicted molar refractivity (Wildman–Crippen MR) is 118 cm³/mol. The van der Waals surface area contributed by atoms with E-state index in [1.807, 2.05) is 12.1 Å².